The Hall–Kier alpha value is -1.61. The molecule has 0 aromatic carbocycles. The fourth-order valence-corrected chi connectivity index (χ4v) is 3.03. The highest BCUT2D eigenvalue weighted by Crippen LogP contribution is 2.19. The van der Waals surface area contributed by atoms with Crippen LogP contribution in [-0.2, 0) is 0 Å². The van der Waals surface area contributed by atoms with Gasteiger partial charge in [-0.1, -0.05) is 17.9 Å². The average molecular weight is 291 g/mol. The zero-order valence-corrected chi connectivity index (χ0v) is 12.0. The van der Waals surface area contributed by atoms with E-state index in [0.717, 1.165) is 9.75 Å². The second-order valence-electron chi connectivity index (χ2n) is 3.87. The van der Waals surface area contributed by atoms with Gasteiger partial charge in [0, 0.05) is 10.3 Å². The van der Waals surface area contributed by atoms with Crippen molar-refractivity contribution in [1.82, 2.24) is 5.32 Å². The number of carbonyl (C=O) groups is 1. The molecule has 1 amide bonds. The maximum atomic E-state index is 12.0. The second kappa shape index (κ2) is 6.53. The van der Waals surface area contributed by atoms with Crippen molar-refractivity contribution in [3.63, 3.8) is 0 Å². The van der Waals surface area contributed by atoms with Gasteiger partial charge in [0.2, 0.25) is 0 Å². The number of thiophene rings is 2. The van der Waals surface area contributed by atoms with Gasteiger partial charge in [0.05, 0.1) is 16.5 Å². The quantitative estimate of drug-likeness (QED) is 0.854. The van der Waals surface area contributed by atoms with Crippen LogP contribution in [0.3, 0.4) is 0 Å². The van der Waals surface area contributed by atoms with Gasteiger partial charge in [0.25, 0.3) is 5.91 Å². The summed E-state index contributed by atoms with van der Waals surface area (Å²) in [6, 6.07) is 5.71. The normalized spacial score (nSPS) is 11.5. The van der Waals surface area contributed by atoms with Crippen molar-refractivity contribution in [3.8, 4) is 11.8 Å². The van der Waals surface area contributed by atoms with Gasteiger partial charge in [-0.05, 0) is 24.4 Å². The zero-order chi connectivity index (χ0) is 13.7. The van der Waals surface area contributed by atoms with E-state index in [1.54, 1.807) is 22.8 Å². The summed E-state index contributed by atoms with van der Waals surface area (Å²) in [5, 5.41) is 15.3. The Morgan fingerprint density at radius 2 is 2.37 bits per heavy atom. The maximum Gasteiger partial charge on any atom is 0.252 e. The molecule has 1 atom stereocenters. The molecule has 2 N–H and O–H groups in total. The summed E-state index contributed by atoms with van der Waals surface area (Å²) in [6.45, 7) is 1.79. The Morgan fingerprint density at radius 3 is 3.05 bits per heavy atom. The molecule has 0 radical (unpaired) electrons. The predicted molar refractivity (Wildman–Crippen MR) is 78.5 cm³/mol. The third-order valence-corrected chi connectivity index (χ3v) is 4.37. The summed E-state index contributed by atoms with van der Waals surface area (Å²) < 4.78 is 0. The maximum absolute atomic E-state index is 12.0. The molecule has 0 bridgehead atoms. The monoisotopic (exact) mass is 291 g/mol. The summed E-state index contributed by atoms with van der Waals surface area (Å²) in [6.07, 6.45) is 0. The van der Waals surface area contributed by atoms with Crippen LogP contribution >= 0.6 is 22.7 Å². The van der Waals surface area contributed by atoms with E-state index in [1.807, 2.05) is 24.4 Å². The van der Waals surface area contributed by atoms with Crippen molar-refractivity contribution in [2.75, 3.05) is 6.61 Å². The van der Waals surface area contributed by atoms with Gasteiger partial charge >= 0.3 is 0 Å². The van der Waals surface area contributed by atoms with E-state index in [-0.39, 0.29) is 18.6 Å². The Morgan fingerprint density at radius 1 is 1.53 bits per heavy atom. The minimum atomic E-state index is -0.172. The highest BCUT2D eigenvalue weighted by atomic mass is 32.1. The first-order valence-corrected chi connectivity index (χ1v) is 7.49. The number of amides is 1. The van der Waals surface area contributed by atoms with Gasteiger partial charge in [-0.2, -0.15) is 0 Å². The van der Waals surface area contributed by atoms with Crippen LogP contribution in [-0.4, -0.2) is 17.6 Å². The summed E-state index contributed by atoms with van der Waals surface area (Å²) >= 11 is 3.02. The molecule has 2 aromatic heterocycles. The number of hydrogen-bond acceptors (Lipinski definition) is 4. The summed E-state index contributed by atoms with van der Waals surface area (Å²) in [7, 11) is 0. The fourth-order valence-electron chi connectivity index (χ4n) is 1.54. The van der Waals surface area contributed by atoms with Crippen molar-refractivity contribution < 1.29 is 9.90 Å². The number of rotatable bonds is 3. The molecule has 0 aliphatic rings. The molecular formula is C14H13NO2S2. The SMILES string of the molecule is CC(NC(=O)c1csc(C#CCO)c1)c1cccs1. The molecule has 2 rings (SSSR count). The van der Waals surface area contributed by atoms with E-state index in [4.69, 9.17) is 5.11 Å². The Kier molecular flexibility index (Phi) is 4.74. The first-order chi connectivity index (χ1) is 9.20. The minimum Gasteiger partial charge on any atom is -0.384 e. The van der Waals surface area contributed by atoms with Crippen molar-refractivity contribution in [2.45, 2.75) is 13.0 Å². The molecule has 5 heteroatoms. The highest BCUT2D eigenvalue weighted by molar-refractivity contribution is 7.11. The molecule has 0 aliphatic heterocycles. The van der Waals surface area contributed by atoms with Crippen molar-refractivity contribution in [2.24, 2.45) is 0 Å². The van der Waals surface area contributed by atoms with Crippen molar-refractivity contribution in [1.29, 1.82) is 0 Å². The smallest absolute Gasteiger partial charge is 0.252 e. The first-order valence-electron chi connectivity index (χ1n) is 5.73. The number of carbonyl (C=O) groups excluding carboxylic acids is 1. The standard InChI is InChI=1S/C14H13NO2S2/c1-10(13-5-3-7-18-13)15-14(17)11-8-12(19-9-11)4-2-6-16/h3,5,7-10,16H,6H2,1H3,(H,15,17). The Balaban J connectivity index is 2.02. The third-order valence-electron chi connectivity index (χ3n) is 2.47. The molecule has 19 heavy (non-hydrogen) atoms. The van der Waals surface area contributed by atoms with E-state index in [2.05, 4.69) is 17.2 Å². The van der Waals surface area contributed by atoms with E-state index in [1.165, 1.54) is 11.3 Å². The molecule has 3 nitrogen and oxygen atoms in total. The van der Waals surface area contributed by atoms with E-state index >= 15 is 0 Å². The second-order valence-corrected chi connectivity index (χ2v) is 5.76. The lowest BCUT2D eigenvalue weighted by Gasteiger charge is -2.11. The molecule has 0 saturated carbocycles. The fraction of sp³-hybridized carbons (Fsp3) is 0.214. The predicted octanol–water partition coefficient (Wildman–Crippen LogP) is 2.64. The van der Waals surface area contributed by atoms with Crippen molar-refractivity contribution >= 4 is 28.6 Å². The number of aliphatic hydroxyl groups is 1. The first kappa shape index (κ1) is 13.8. The summed E-state index contributed by atoms with van der Waals surface area (Å²) in [5.41, 5.74) is 0.607. The molecular weight excluding hydrogens is 278 g/mol. The molecule has 0 fully saturated rings. The Bertz CT molecular complexity index is 605. The molecule has 2 aromatic rings. The lowest BCUT2D eigenvalue weighted by molar-refractivity contribution is 0.0941. The topological polar surface area (TPSA) is 49.3 Å². The van der Waals surface area contributed by atoms with Crippen LogP contribution in [0.2, 0.25) is 0 Å². The van der Waals surface area contributed by atoms with Gasteiger partial charge in [0.15, 0.2) is 0 Å². The minimum absolute atomic E-state index is 0.000578. The lowest BCUT2D eigenvalue weighted by Crippen LogP contribution is -2.25. The zero-order valence-electron chi connectivity index (χ0n) is 10.3. The number of hydrogen-bond donors (Lipinski definition) is 2. The molecule has 0 saturated heterocycles. The molecule has 2 heterocycles. The van der Waals surface area contributed by atoms with Gasteiger partial charge in [-0.25, -0.2) is 0 Å². The third kappa shape index (κ3) is 3.67. The van der Waals surface area contributed by atoms with Crippen LogP contribution in [0.25, 0.3) is 0 Å². The van der Waals surface area contributed by atoms with Gasteiger partial charge in [-0.3, -0.25) is 4.79 Å². The molecule has 0 aliphatic carbocycles. The van der Waals surface area contributed by atoms with Crippen LogP contribution < -0.4 is 5.32 Å². The van der Waals surface area contributed by atoms with Crippen LogP contribution in [0.15, 0.2) is 29.0 Å². The summed E-state index contributed by atoms with van der Waals surface area (Å²) in [4.78, 5) is 13.9. The number of aliphatic hydroxyl groups excluding tert-OH is 1. The average Bonchev–Trinajstić information content (AvgIpc) is 3.07. The number of nitrogens with one attached hydrogen (secondary N) is 1. The summed E-state index contributed by atoms with van der Waals surface area (Å²) in [5.74, 6) is 5.25. The van der Waals surface area contributed by atoms with Crippen molar-refractivity contribution in [3.05, 3.63) is 44.3 Å². The molecule has 0 spiro atoms. The van der Waals surface area contributed by atoms with Gasteiger partial charge in [-0.15, -0.1) is 22.7 Å². The Labute approximate surface area is 119 Å². The van der Waals surface area contributed by atoms with E-state index in [9.17, 15) is 4.79 Å². The highest BCUT2D eigenvalue weighted by Gasteiger charge is 2.13. The van der Waals surface area contributed by atoms with Crippen LogP contribution in [0.4, 0.5) is 0 Å². The van der Waals surface area contributed by atoms with Crippen LogP contribution in [0.1, 0.15) is 33.1 Å². The van der Waals surface area contributed by atoms with Gasteiger partial charge < -0.3 is 10.4 Å². The lowest BCUT2D eigenvalue weighted by atomic mass is 10.2. The van der Waals surface area contributed by atoms with Gasteiger partial charge in [0.1, 0.15) is 6.61 Å². The molecule has 98 valence electrons. The van der Waals surface area contributed by atoms with Crippen LogP contribution in [0, 0.1) is 11.8 Å². The molecule has 1 unspecified atom stereocenters. The van der Waals surface area contributed by atoms with Crippen LogP contribution in [0.5, 0.6) is 0 Å². The largest absolute Gasteiger partial charge is 0.384 e. The van der Waals surface area contributed by atoms with E-state index < -0.39 is 0 Å². The van der Waals surface area contributed by atoms with E-state index in [0.29, 0.717) is 5.56 Å².